The van der Waals surface area contributed by atoms with E-state index in [0.29, 0.717) is 11.3 Å². The van der Waals surface area contributed by atoms with Gasteiger partial charge in [0.15, 0.2) is 9.84 Å². The van der Waals surface area contributed by atoms with Gasteiger partial charge in [0.25, 0.3) is 0 Å². The summed E-state index contributed by atoms with van der Waals surface area (Å²) in [7, 11) is -3.28. The summed E-state index contributed by atoms with van der Waals surface area (Å²) in [4.78, 5) is 0.310. The van der Waals surface area contributed by atoms with Gasteiger partial charge in [-0.2, -0.15) is 0 Å². The topological polar surface area (TPSA) is 74.6 Å². The van der Waals surface area contributed by atoms with Crippen molar-refractivity contribution in [2.75, 3.05) is 6.61 Å². The van der Waals surface area contributed by atoms with E-state index < -0.39 is 21.2 Å². The molecule has 1 aromatic rings. The van der Waals surface area contributed by atoms with Crippen molar-refractivity contribution in [2.24, 2.45) is 0 Å². The zero-order valence-electron chi connectivity index (χ0n) is 11.6. The summed E-state index contributed by atoms with van der Waals surface area (Å²) in [5.41, 5.74) is 0.856. The van der Waals surface area contributed by atoms with Crippen molar-refractivity contribution in [3.05, 3.63) is 29.8 Å². The van der Waals surface area contributed by atoms with Crippen LogP contribution in [0.5, 0.6) is 0 Å². The number of aliphatic hydroxyl groups excluding tert-OH is 2. The van der Waals surface area contributed by atoms with Crippen LogP contribution in [0, 0.1) is 0 Å². The Bertz CT molecular complexity index is 508. The van der Waals surface area contributed by atoms with E-state index in [1.54, 1.807) is 32.0 Å². The highest BCUT2D eigenvalue weighted by molar-refractivity contribution is 7.92. The lowest BCUT2D eigenvalue weighted by molar-refractivity contribution is 0.0835. The first-order chi connectivity index (χ1) is 8.78. The Balaban J connectivity index is 3.01. The van der Waals surface area contributed by atoms with Crippen molar-refractivity contribution in [1.29, 1.82) is 0 Å². The maximum absolute atomic E-state index is 12.1. The number of hydrogen-bond acceptors (Lipinski definition) is 4. The summed E-state index contributed by atoms with van der Waals surface area (Å²) in [6.07, 6.45) is -0.373. The molecule has 108 valence electrons. The van der Waals surface area contributed by atoms with Crippen LogP contribution in [-0.4, -0.2) is 36.6 Å². The Morgan fingerprint density at radius 2 is 1.84 bits per heavy atom. The third kappa shape index (κ3) is 4.03. The summed E-state index contributed by atoms with van der Waals surface area (Å²) >= 11 is 0. The molecule has 0 aliphatic rings. The van der Waals surface area contributed by atoms with Gasteiger partial charge in [0.2, 0.25) is 0 Å². The van der Waals surface area contributed by atoms with E-state index in [4.69, 9.17) is 5.11 Å². The van der Waals surface area contributed by atoms with E-state index in [1.165, 1.54) is 0 Å². The minimum Gasteiger partial charge on any atom is -0.394 e. The molecule has 0 aliphatic carbocycles. The van der Waals surface area contributed by atoms with Crippen molar-refractivity contribution in [1.82, 2.24) is 0 Å². The molecule has 0 aromatic heterocycles. The predicted octanol–water partition coefficient (Wildman–Crippen LogP) is 1.72. The van der Waals surface area contributed by atoms with Gasteiger partial charge in [0.05, 0.1) is 22.9 Å². The van der Waals surface area contributed by atoms with Crippen LogP contribution >= 0.6 is 0 Å². The lowest BCUT2D eigenvalue weighted by Gasteiger charge is -2.16. The maximum Gasteiger partial charge on any atom is 0.180 e. The molecule has 0 bridgehead atoms. The van der Waals surface area contributed by atoms with E-state index in [9.17, 15) is 13.5 Å². The highest BCUT2D eigenvalue weighted by Gasteiger charge is 2.20. The van der Waals surface area contributed by atoms with Crippen LogP contribution in [0.25, 0.3) is 0 Å². The second-order valence-corrected chi connectivity index (χ2v) is 7.64. The number of hydrogen-bond donors (Lipinski definition) is 2. The Kier molecular flexibility index (Phi) is 5.52. The Morgan fingerprint density at radius 3 is 2.37 bits per heavy atom. The fraction of sp³-hybridized carbons (Fsp3) is 0.571. The Morgan fingerprint density at radius 1 is 1.21 bits per heavy atom. The molecule has 0 fully saturated rings. The first kappa shape index (κ1) is 16.1. The van der Waals surface area contributed by atoms with E-state index in [2.05, 4.69) is 0 Å². The molecule has 2 unspecified atom stereocenters. The molecule has 1 aromatic carbocycles. The smallest absolute Gasteiger partial charge is 0.180 e. The standard InChI is InChI=1S/C14H22O4S/c1-10(2)19(17,18)14-6-4-5-12(8-14)11(3)7-13(16)9-15/h4-6,8,10-11,13,15-16H,7,9H2,1-3H3. The van der Waals surface area contributed by atoms with Crippen LogP contribution in [0.2, 0.25) is 0 Å². The highest BCUT2D eigenvalue weighted by Crippen LogP contribution is 2.24. The molecule has 19 heavy (non-hydrogen) atoms. The van der Waals surface area contributed by atoms with Gasteiger partial charge in [0, 0.05) is 0 Å². The molecule has 0 saturated carbocycles. The lowest BCUT2D eigenvalue weighted by Crippen LogP contribution is -2.16. The molecular formula is C14H22O4S. The zero-order chi connectivity index (χ0) is 14.6. The normalized spacial score (nSPS) is 15.5. The third-order valence-electron chi connectivity index (χ3n) is 3.21. The lowest BCUT2D eigenvalue weighted by atomic mass is 9.95. The van der Waals surface area contributed by atoms with Crippen LogP contribution in [0.15, 0.2) is 29.2 Å². The van der Waals surface area contributed by atoms with Crippen LogP contribution < -0.4 is 0 Å². The predicted molar refractivity (Wildman–Crippen MR) is 74.9 cm³/mol. The summed E-state index contributed by atoms with van der Waals surface area (Å²) in [5.74, 6) is -0.00976. The van der Waals surface area contributed by atoms with Crippen LogP contribution in [-0.2, 0) is 9.84 Å². The van der Waals surface area contributed by atoms with Gasteiger partial charge in [-0.3, -0.25) is 0 Å². The molecule has 1 rings (SSSR count). The SMILES string of the molecule is CC(CC(O)CO)c1cccc(S(=O)(=O)C(C)C)c1. The molecular weight excluding hydrogens is 264 g/mol. The minimum atomic E-state index is -3.28. The third-order valence-corrected chi connectivity index (χ3v) is 5.36. The van der Waals surface area contributed by atoms with Crippen LogP contribution in [0.1, 0.15) is 38.7 Å². The molecule has 0 spiro atoms. The van der Waals surface area contributed by atoms with Gasteiger partial charge < -0.3 is 10.2 Å². The van der Waals surface area contributed by atoms with Crippen LogP contribution in [0.4, 0.5) is 0 Å². The van der Waals surface area contributed by atoms with Crippen molar-refractivity contribution in [2.45, 2.75) is 49.4 Å². The summed E-state index contributed by atoms with van der Waals surface area (Å²) < 4.78 is 24.2. The second-order valence-electron chi connectivity index (χ2n) is 5.14. The number of sulfone groups is 1. The summed E-state index contributed by atoms with van der Waals surface area (Å²) in [5, 5.41) is 17.8. The molecule has 0 amide bonds. The Labute approximate surface area is 115 Å². The fourth-order valence-corrected chi connectivity index (χ4v) is 3.00. The first-order valence-electron chi connectivity index (χ1n) is 6.41. The number of benzene rings is 1. The molecule has 2 N–H and O–H groups in total. The van der Waals surface area contributed by atoms with Crippen molar-refractivity contribution < 1.29 is 18.6 Å². The molecule has 5 heteroatoms. The average molecular weight is 286 g/mol. The highest BCUT2D eigenvalue weighted by atomic mass is 32.2. The van der Waals surface area contributed by atoms with Crippen molar-refractivity contribution >= 4 is 9.84 Å². The summed E-state index contributed by atoms with van der Waals surface area (Å²) in [6, 6.07) is 6.80. The van der Waals surface area contributed by atoms with E-state index in [1.807, 2.05) is 13.0 Å². The molecule has 4 nitrogen and oxygen atoms in total. The number of aliphatic hydroxyl groups is 2. The monoisotopic (exact) mass is 286 g/mol. The van der Waals surface area contributed by atoms with Crippen molar-refractivity contribution in [3.8, 4) is 0 Å². The van der Waals surface area contributed by atoms with E-state index >= 15 is 0 Å². The van der Waals surface area contributed by atoms with Gasteiger partial charge in [-0.15, -0.1) is 0 Å². The first-order valence-corrected chi connectivity index (χ1v) is 7.96. The molecule has 0 saturated heterocycles. The summed E-state index contributed by atoms with van der Waals surface area (Å²) in [6.45, 7) is 4.93. The average Bonchev–Trinajstić information content (AvgIpc) is 2.38. The largest absolute Gasteiger partial charge is 0.394 e. The quantitative estimate of drug-likeness (QED) is 0.835. The number of rotatable bonds is 6. The Hall–Kier alpha value is -0.910. The van der Waals surface area contributed by atoms with Crippen molar-refractivity contribution in [3.63, 3.8) is 0 Å². The molecule has 0 heterocycles. The van der Waals surface area contributed by atoms with E-state index in [0.717, 1.165) is 5.56 Å². The minimum absolute atomic E-state index is 0.00976. The van der Waals surface area contributed by atoms with Gasteiger partial charge in [-0.05, 0) is 43.9 Å². The van der Waals surface area contributed by atoms with Gasteiger partial charge in [0.1, 0.15) is 0 Å². The van der Waals surface area contributed by atoms with Gasteiger partial charge in [-0.25, -0.2) is 8.42 Å². The van der Waals surface area contributed by atoms with Gasteiger partial charge in [-0.1, -0.05) is 19.1 Å². The second kappa shape index (κ2) is 6.50. The maximum atomic E-state index is 12.1. The van der Waals surface area contributed by atoms with Crippen LogP contribution in [0.3, 0.4) is 0 Å². The molecule has 2 atom stereocenters. The molecule has 0 radical (unpaired) electrons. The fourth-order valence-electron chi connectivity index (χ4n) is 1.89. The van der Waals surface area contributed by atoms with E-state index in [-0.39, 0.29) is 12.5 Å². The molecule has 0 aliphatic heterocycles. The van der Waals surface area contributed by atoms with Gasteiger partial charge >= 0.3 is 0 Å². The zero-order valence-corrected chi connectivity index (χ0v) is 12.4.